The Morgan fingerprint density at radius 2 is 1.68 bits per heavy atom. The van der Waals surface area contributed by atoms with Gasteiger partial charge in [-0.15, -0.1) is 0 Å². The third-order valence-corrected chi connectivity index (χ3v) is 5.74. The number of hydrogen-bond donors (Lipinski definition) is 0. The number of anilines is 1. The summed E-state index contributed by atoms with van der Waals surface area (Å²) >= 11 is 3.43. The molecule has 28 heavy (non-hydrogen) atoms. The lowest BCUT2D eigenvalue weighted by Crippen LogP contribution is -2.40. The van der Waals surface area contributed by atoms with Gasteiger partial charge in [0.05, 0.1) is 24.5 Å². The zero-order valence-corrected chi connectivity index (χ0v) is 17.5. The van der Waals surface area contributed by atoms with Gasteiger partial charge in [0.2, 0.25) is 0 Å². The molecule has 2 heterocycles. The highest BCUT2D eigenvalue weighted by Crippen LogP contribution is 2.36. The van der Waals surface area contributed by atoms with E-state index in [1.54, 1.807) is 12.1 Å². The minimum Gasteiger partial charge on any atom is -0.378 e. The predicted molar refractivity (Wildman–Crippen MR) is 112 cm³/mol. The van der Waals surface area contributed by atoms with Crippen LogP contribution >= 0.6 is 15.9 Å². The number of hydrogen-bond acceptors (Lipinski definition) is 4. The van der Waals surface area contributed by atoms with Crippen molar-refractivity contribution >= 4 is 39.0 Å². The Labute approximate surface area is 172 Å². The molecule has 0 radical (unpaired) electrons. The van der Waals surface area contributed by atoms with Crippen molar-refractivity contribution in [3.63, 3.8) is 0 Å². The van der Waals surface area contributed by atoms with Crippen molar-refractivity contribution < 1.29 is 14.3 Å². The molecule has 0 bridgehead atoms. The Hall–Kier alpha value is -2.44. The van der Waals surface area contributed by atoms with Gasteiger partial charge in [0.1, 0.15) is 5.70 Å². The monoisotopic (exact) mass is 440 g/mol. The van der Waals surface area contributed by atoms with E-state index in [0.29, 0.717) is 43.3 Å². The van der Waals surface area contributed by atoms with Gasteiger partial charge in [-0.25, -0.2) is 4.90 Å². The molecule has 0 N–H and O–H groups in total. The molecule has 2 amide bonds. The van der Waals surface area contributed by atoms with E-state index in [1.165, 1.54) is 4.90 Å². The Morgan fingerprint density at radius 3 is 2.36 bits per heavy atom. The van der Waals surface area contributed by atoms with E-state index in [0.717, 1.165) is 21.2 Å². The highest BCUT2D eigenvalue weighted by Gasteiger charge is 2.42. The van der Waals surface area contributed by atoms with Crippen LogP contribution in [0.25, 0.3) is 5.57 Å². The molecule has 2 aliphatic rings. The van der Waals surface area contributed by atoms with Crippen molar-refractivity contribution in [1.29, 1.82) is 0 Å². The molecule has 0 unspecified atom stereocenters. The van der Waals surface area contributed by atoms with Gasteiger partial charge in [0.25, 0.3) is 11.8 Å². The number of carbonyl (C=O) groups excluding carboxylic acids is 2. The predicted octanol–water partition coefficient (Wildman–Crippen LogP) is 3.68. The molecule has 0 atom stereocenters. The van der Waals surface area contributed by atoms with Crippen molar-refractivity contribution in [3.8, 4) is 0 Å². The van der Waals surface area contributed by atoms with Crippen LogP contribution in [0.1, 0.15) is 16.7 Å². The average Bonchev–Trinajstić information content (AvgIpc) is 2.95. The summed E-state index contributed by atoms with van der Waals surface area (Å²) < 4.78 is 6.26. The number of nitrogens with zero attached hydrogens (tertiary/aromatic N) is 2. The van der Waals surface area contributed by atoms with Crippen molar-refractivity contribution in [1.82, 2.24) is 4.90 Å². The first-order valence-electron chi connectivity index (χ1n) is 9.26. The fraction of sp³-hybridized carbons (Fsp3) is 0.273. The number of rotatable bonds is 3. The lowest BCUT2D eigenvalue weighted by atomic mass is 9.99. The second-order valence-corrected chi connectivity index (χ2v) is 7.96. The smallest absolute Gasteiger partial charge is 0.282 e. The van der Waals surface area contributed by atoms with Gasteiger partial charge in [-0.2, -0.15) is 0 Å². The first kappa shape index (κ1) is 18.9. The number of halogens is 1. The topological polar surface area (TPSA) is 49.9 Å². The summed E-state index contributed by atoms with van der Waals surface area (Å²) in [6.45, 7) is 6.32. The van der Waals surface area contributed by atoms with Crippen LogP contribution in [-0.4, -0.2) is 43.0 Å². The van der Waals surface area contributed by atoms with Crippen molar-refractivity contribution in [2.24, 2.45) is 0 Å². The van der Waals surface area contributed by atoms with Crippen molar-refractivity contribution in [2.75, 3.05) is 31.2 Å². The van der Waals surface area contributed by atoms with Crippen molar-refractivity contribution in [2.45, 2.75) is 13.8 Å². The summed E-state index contributed by atoms with van der Waals surface area (Å²) in [5.41, 5.74) is 4.52. The maximum Gasteiger partial charge on any atom is 0.282 e. The van der Waals surface area contributed by atoms with Crippen molar-refractivity contribution in [3.05, 3.63) is 69.3 Å². The van der Waals surface area contributed by atoms with Crippen LogP contribution < -0.4 is 4.90 Å². The van der Waals surface area contributed by atoms with Gasteiger partial charge in [-0.05, 0) is 48.7 Å². The number of imide groups is 1. The molecule has 0 aromatic heterocycles. The summed E-state index contributed by atoms with van der Waals surface area (Å²) in [5, 5.41) is 0. The van der Waals surface area contributed by atoms with Gasteiger partial charge in [-0.1, -0.05) is 40.2 Å². The molecule has 144 valence electrons. The number of amides is 2. The molecule has 6 heteroatoms. The summed E-state index contributed by atoms with van der Waals surface area (Å²) in [7, 11) is 0. The molecule has 0 saturated carbocycles. The van der Waals surface area contributed by atoms with Crippen LogP contribution in [0, 0.1) is 13.8 Å². The lowest BCUT2D eigenvalue weighted by molar-refractivity contribution is -0.121. The molecule has 4 rings (SSSR count). The zero-order valence-electron chi connectivity index (χ0n) is 15.9. The number of aryl methyl sites for hydroxylation is 2. The van der Waals surface area contributed by atoms with E-state index in [2.05, 4.69) is 15.9 Å². The highest BCUT2D eigenvalue weighted by atomic mass is 79.9. The maximum atomic E-state index is 13.5. The largest absolute Gasteiger partial charge is 0.378 e. The summed E-state index contributed by atoms with van der Waals surface area (Å²) in [4.78, 5) is 30.1. The Kier molecular flexibility index (Phi) is 5.08. The molecular weight excluding hydrogens is 420 g/mol. The SMILES string of the molecule is Cc1ccc(C2=C(N3CCOCC3)C(=O)N(c3cccc(Br)c3)C2=O)cc1C. The van der Waals surface area contributed by atoms with E-state index in [9.17, 15) is 9.59 Å². The summed E-state index contributed by atoms with van der Waals surface area (Å²) in [5.74, 6) is -0.564. The first-order chi connectivity index (χ1) is 13.5. The molecule has 5 nitrogen and oxygen atoms in total. The van der Waals surface area contributed by atoms with E-state index >= 15 is 0 Å². The molecule has 1 saturated heterocycles. The molecular formula is C22H21BrN2O3. The number of benzene rings is 2. The molecule has 1 fully saturated rings. The van der Waals surface area contributed by atoms with Gasteiger partial charge in [0.15, 0.2) is 0 Å². The quantitative estimate of drug-likeness (QED) is 0.682. The Bertz CT molecular complexity index is 993. The van der Waals surface area contributed by atoms with Gasteiger partial charge in [0, 0.05) is 17.6 Å². The molecule has 0 spiro atoms. The minimum atomic E-state index is -0.284. The van der Waals surface area contributed by atoms with E-state index in [-0.39, 0.29) is 11.8 Å². The first-order valence-corrected chi connectivity index (χ1v) is 10.1. The minimum absolute atomic E-state index is 0.279. The zero-order chi connectivity index (χ0) is 19.8. The van der Waals surface area contributed by atoms with Gasteiger partial charge < -0.3 is 9.64 Å². The molecule has 0 aliphatic carbocycles. The van der Waals surface area contributed by atoms with Crippen LogP contribution in [0.15, 0.2) is 52.6 Å². The summed E-state index contributed by atoms with van der Waals surface area (Å²) in [6.07, 6.45) is 0. The summed E-state index contributed by atoms with van der Waals surface area (Å²) in [6, 6.07) is 13.2. The lowest BCUT2D eigenvalue weighted by Gasteiger charge is -2.29. The molecule has 2 aromatic carbocycles. The van der Waals surface area contributed by atoms with E-state index in [1.807, 2.05) is 49.1 Å². The molecule has 2 aliphatic heterocycles. The van der Waals surface area contributed by atoms with E-state index < -0.39 is 0 Å². The Balaban J connectivity index is 1.85. The van der Waals surface area contributed by atoms with E-state index in [4.69, 9.17) is 4.74 Å². The van der Waals surface area contributed by atoms with Gasteiger partial charge >= 0.3 is 0 Å². The van der Waals surface area contributed by atoms with Gasteiger partial charge in [-0.3, -0.25) is 9.59 Å². The van der Waals surface area contributed by atoms with Crippen LogP contribution in [0.3, 0.4) is 0 Å². The number of ether oxygens (including phenoxy) is 1. The third-order valence-electron chi connectivity index (χ3n) is 5.25. The second-order valence-electron chi connectivity index (χ2n) is 7.05. The Morgan fingerprint density at radius 1 is 0.929 bits per heavy atom. The van der Waals surface area contributed by atoms with Crippen LogP contribution in [0.4, 0.5) is 5.69 Å². The number of morpholine rings is 1. The molecule has 2 aromatic rings. The van der Waals surface area contributed by atoms with Crippen LogP contribution in [0.2, 0.25) is 0 Å². The standard InChI is InChI=1S/C22H21BrN2O3/c1-14-6-7-16(12-15(14)2)19-20(24-8-10-28-11-9-24)22(27)25(21(19)26)18-5-3-4-17(23)13-18/h3-7,12-13H,8-11H2,1-2H3. The fourth-order valence-corrected chi connectivity index (χ4v) is 3.99. The van der Waals surface area contributed by atoms with Crippen LogP contribution in [-0.2, 0) is 14.3 Å². The van der Waals surface area contributed by atoms with Crippen LogP contribution in [0.5, 0.6) is 0 Å². The highest BCUT2D eigenvalue weighted by molar-refractivity contribution is 9.10. The second kappa shape index (κ2) is 7.53. The third kappa shape index (κ3) is 3.27. The maximum absolute atomic E-state index is 13.5. The average molecular weight is 441 g/mol. The fourth-order valence-electron chi connectivity index (χ4n) is 3.61. The normalized spacial score (nSPS) is 17.7. The number of carbonyl (C=O) groups is 2.